The van der Waals surface area contributed by atoms with E-state index in [4.69, 9.17) is 14.3 Å². The monoisotopic (exact) mass is 288 g/mol. The lowest BCUT2D eigenvalue weighted by molar-refractivity contribution is -0.0198. The number of hydroxylamine groups is 1. The molecular formula is C14H28N2O4. The first kappa shape index (κ1) is 17.2. The summed E-state index contributed by atoms with van der Waals surface area (Å²) >= 11 is 0. The topological polar surface area (TPSA) is 68.8 Å². The largest absolute Gasteiger partial charge is 0.444 e. The van der Waals surface area contributed by atoms with E-state index < -0.39 is 5.60 Å². The van der Waals surface area contributed by atoms with Crippen LogP contribution in [0.5, 0.6) is 0 Å². The molecule has 6 heteroatoms. The van der Waals surface area contributed by atoms with E-state index in [0.717, 1.165) is 25.7 Å². The summed E-state index contributed by atoms with van der Waals surface area (Å²) in [5.74, 6) is 0. The standard InChI is InChI=1S/C14H28N2O4/c1-14(2,3)20-13(17)15-11-5-7-12(8-6-11)16-19-10-9-18-4/h11-12,16H,5-10H2,1-4H3,(H,15,17). The Morgan fingerprint density at radius 2 is 1.70 bits per heavy atom. The van der Waals surface area contributed by atoms with Crippen molar-refractivity contribution in [1.29, 1.82) is 0 Å². The van der Waals surface area contributed by atoms with E-state index in [1.165, 1.54) is 0 Å². The van der Waals surface area contributed by atoms with Crippen molar-refractivity contribution in [3.63, 3.8) is 0 Å². The number of rotatable bonds is 6. The van der Waals surface area contributed by atoms with Crippen molar-refractivity contribution < 1.29 is 19.1 Å². The van der Waals surface area contributed by atoms with E-state index in [2.05, 4.69) is 10.8 Å². The highest BCUT2D eigenvalue weighted by atomic mass is 16.7. The Kier molecular flexibility index (Phi) is 7.26. The molecule has 0 aromatic carbocycles. The van der Waals surface area contributed by atoms with E-state index in [0.29, 0.717) is 19.3 Å². The summed E-state index contributed by atoms with van der Waals surface area (Å²) < 4.78 is 10.2. The quantitative estimate of drug-likeness (QED) is 0.578. The average molecular weight is 288 g/mol. The molecule has 0 radical (unpaired) electrons. The molecule has 0 unspecified atom stereocenters. The van der Waals surface area contributed by atoms with Crippen LogP contribution < -0.4 is 10.8 Å². The normalized spacial score (nSPS) is 23.4. The summed E-state index contributed by atoms with van der Waals surface area (Å²) in [7, 11) is 1.65. The third-order valence-electron chi connectivity index (χ3n) is 3.09. The molecule has 0 saturated heterocycles. The van der Waals surface area contributed by atoms with Gasteiger partial charge >= 0.3 is 6.09 Å². The van der Waals surface area contributed by atoms with E-state index in [-0.39, 0.29) is 12.1 Å². The van der Waals surface area contributed by atoms with Crippen molar-refractivity contribution in [2.45, 2.75) is 64.1 Å². The fourth-order valence-corrected chi connectivity index (χ4v) is 2.13. The van der Waals surface area contributed by atoms with Crippen LogP contribution in [0.3, 0.4) is 0 Å². The molecule has 1 amide bonds. The maximum atomic E-state index is 11.7. The number of methoxy groups -OCH3 is 1. The molecule has 1 aliphatic rings. The van der Waals surface area contributed by atoms with Crippen LogP contribution in [0.4, 0.5) is 4.79 Å². The van der Waals surface area contributed by atoms with Gasteiger partial charge in [0, 0.05) is 19.2 Å². The maximum Gasteiger partial charge on any atom is 0.407 e. The molecule has 118 valence electrons. The fraction of sp³-hybridized carbons (Fsp3) is 0.929. The van der Waals surface area contributed by atoms with Crippen LogP contribution in [-0.2, 0) is 14.3 Å². The van der Waals surface area contributed by atoms with Gasteiger partial charge in [0.25, 0.3) is 0 Å². The Morgan fingerprint density at radius 3 is 2.25 bits per heavy atom. The highest BCUT2D eigenvalue weighted by Crippen LogP contribution is 2.19. The van der Waals surface area contributed by atoms with Gasteiger partial charge in [-0.3, -0.25) is 4.84 Å². The van der Waals surface area contributed by atoms with Crippen molar-refractivity contribution in [2.24, 2.45) is 0 Å². The molecule has 1 aliphatic carbocycles. The molecule has 0 aliphatic heterocycles. The lowest BCUT2D eigenvalue weighted by Gasteiger charge is -2.30. The van der Waals surface area contributed by atoms with Gasteiger partial charge in [0.05, 0.1) is 13.2 Å². The first-order valence-corrected chi connectivity index (χ1v) is 7.26. The zero-order valence-corrected chi connectivity index (χ0v) is 13.0. The molecule has 1 fully saturated rings. The number of carbonyl (C=O) groups is 1. The second-order valence-corrected chi connectivity index (χ2v) is 6.15. The highest BCUT2D eigenvalue weighted by Gasteiger charge is 2.24. The summed E-state index contributed by atoms with van der Waals surface area (Å²) in [4.78, 5) is 17.0. The molecule has 2 N–H and O–H groups in total. The van der Waals surface area contributed by atoms with Gasteiger partial charge in [0.15, 0.2) is 0 Å². The number of ether oxygens (including phenoxy) is 2. The number of alkyl carbamates (subject to hydrolysis) is 1. The van der Waals surface area contributed by atoms with Gasteiger partial charge in [0.1, 0.15) is 5.60 Å². The van der Waals surface area contributed by atoms with Crippen LogP contribution in [0.1, 0.15) is 46.5 Å². The van der Waals surface area contributed by atoms with E-state index >= 15 is 0 Å². The second kappa shape index (κ2) is 8.44. The molecule has 0 atom stereocenters. The molecule has 0 heterocycles. The Hall–Kier alpha value is -0.850. The van der Waals surface area contributed by atoms with Crippen LogP contribution in [0.15, 0.2) is 0 Å². The number of amides is 1. The van der Waals surface area contributed by atoms with Gasteiger partial charge in [0.2, 0.25) is 0 Å². The predicted octanol–water partition coefficient (Wildman–Crippen LogP) is 1.99. The molecular weight excluding hydrogens is 260 g/mol. The third kappa shape index (κ3) is 7.67. The van der Waals surface area contributed by atoms with Gasteiger partial charge in [-0.1, -0.05) is 0 Å². The third-order valence-corrected chi connectivity index (χ3v) is 3.09. The van der Waals surface area contributed by atoms with Crippen molar-refractivity contribution >= 4 is 6.09 Å². The van der Waals surface area contributed by atoms with Crippen LogP contribution in [0.2, 0.25) is 0 Å². The molecule has 0 aromatic rings. The zero-order valence-electron chi connectivity index (χ0n) is 13.0. The van der Waals surface area contributed by atoms with E-state index in [1.54, 1.807) is 7.11 Å². The van der Waals surface area contributed by atoms with Gasteiger partial charge in [-0.05, 0) is 46.5 Å². The Morgan fingerprint density at radius 1 is 1.10 bits per heavy atom. The predicted molar refractivity (Wildman–Crippen MR) is 76.4 cm³/mol. The van der Waals surface area contributed by atoms with Crippen LogP contribution in [0, 0.1) is 0 Å². The summed E-state index contributed by atoms with van der Waals surface area (Å²) in [5.41, 5.74) is 2.60. The Bertz CT molecular complexity index is 283. The zero-order chi connectivity index (χ0) is 15.0. The van der Waals surface area contributed by atoms with Crippen LogP contribution in [-0.4, -0.2) is 44.1 Å². The van der Waals surface area contributed by atoms with Crippen molar-refractivity contribution in [1.82, 2.24) is 10.8 Å². The summed E-state index contributed by atoms with van der Waals surface area (Å²) in [6.07, 6.45) is 3.50. The number of hydrogen-bond acceptors (Lipinski definition) is 5. The Balaban J connectivity index is 2.14. The number of hydrogen-bond donors (Lipinski definition) is 2. The molecule has 0 spiro atoms. The van der Waals surface area contributed by atoms with Gasteiger partial charge in [-0.15, -0.1) is 0 Å². The molecule has 0 bridgehead atoms. The van der Waals surface area contributed by atoms with E-state index in [1.807, 2.05) is 20.8 Å². The molecule has 1 saturated carbocycles. The minimum absolute atomic E-state index is 0.196. The summed E-state index contributed by atoms with van der Waals surface area (Å²) in [6.45, 7) is 6.73. The van der Waals surface area contributed by atoms with Crippen LogP contribution in [0.25, 0.3) is 0 Å². The highest BCUT2D eigenvalue weighted by molar-refractivity contribution is 5.68. The van der Waals surface area contributed by atoms with Crippen molar-refractivity contribution in [3.05, 3.63) is 0 Å². The number of nitrogens with one attached hydrogen (secondary N) is 2. The first-order valence-electron chi connectivity index (χ1n) is 7.26. The van der Waals surface area contributed by atoms with Gasteiger partial charge in [-0.2, -0.15) is 5.48 Å². The van der Waals surface area contributed by atoms with Crippen molar-refractivity contribution in [2.75, 3.05) is 20.3 Å². The molecule has 20 heavy (non-hydrogen) atoms. The lowest BCUT2D eigenvalue weighted by Crippen LogP contribution is -2.44. The van der Waals surface area contributed by atoms with Crippen LogP contribution >= 0.6 is 0 Å². The molecule has 0 aromatic heterocycles. The van der Waals surface area contributed by atoms with Gasteiger partial charge < -0.3 is 14.8 Å². The summed E-state index contributed by atoms with van der Waals surface area (Å²) in [6, 6.07) is 0.547. The first-order chi connectivity index (χ1) is 9.40. The number of carbonyl (C=O) groups excluding carboxylic acids is 1. The average Bonchev–Trinajstić information content (AvgIpc) is 2.34. The van der Waals surface area contributed by atoms with Gasteiger partial charge in [-0.25, -0.2) is 4.79 Å². The molecule has 1 rings (SSSR count). The Labute approximate surface area is 121 Å². The lowest BCUT2D eigenvalue weighted by atomic mass is 9.92. The molecule has 6 nitrogen and oxygen atoms in total. The fourth-order valence-electron chi connectivity index (χ4n) is 2.13. The minimum atomic E-state index is -0.446. The van der Waals surface area contributed by atoms with Crippen molar-refractivity contribution in [3.8, 4) is 0 Å². The minimum Gasteiger partial charge on any atom is -0.444 e. The second-order valence-electron chi connectivity index (χ2n) is 6.15. The maximum absolute atomic E-state index is 11.7. The smallest absolute Gasteiger partial charge is 0.407 e. The summed E-state index contributed by atoms with van der Waals surface area (Å²) in [5, 5.41) is 2.92. The van der Waals surface area contributed by atoms with E-state index in [9.17, 15) is 4.79 Å². The SMILES string of the molecule is COCCONC1CCC(NC(=O)OC(C)(C)C)CC1.